The van der Waals surface area contributed by atoms with Gasteiger partial charge in [-0.05, 0) is 36.6 Å². The standard InChI is InChI=1S/C15H21N3O/c1-9(2)14-12(8-16)17-15(18-14)11-5-6-13(19-4)10(3)7-11/h5-7,9H,8,16H2,1-4H3,(H,17,18). The molecule has 0 atom stereocenters. The lowest BCUT2D eigenvalue weighted by molar-refractivity contribution is 0.412. The van der Waals surface area contributed by atoms with Gasteiger partial charge in [0.15, 0.2) is 0 Å². The molecule has 0 bridgehead atoms. The van der Waals surface area contributed by atoms with Crippen LogP contribution in [0.3, 0.4) is 0 Å². The molecule has 1 aromatic heterocycles. The minimum atomic E-state index is 0.364. The monoisotopic (exact) mass is 259 g/mol. The zero-order chi connectivity index (χ0) is 14.0. The van der Waals surface area contributed by atoms with Gasteiger partial charge in [0.05, 0.1) is 18.5 Å². The van der Waals surface area contributed by atoms with E-state index in [9.17, 15) is 0 Å². The van der Waals surface area contributed by atoms with Crippen LogP contribution in [0.2, 0.25) is 0 Å². The second-order valence-corrected chi connectivity index (χ2v) is 4.99. The van der Waals surface area contributed by atoms with Crippen molar-refractivity contribution in [3.63, 3.8) is 0 Å². The van der Waals surface area contributed by atoms with Gasteiger partial charge in [0.2, 0.25) is 0 Å². The van der Waals surface area contributed by atoms with Crippen LogP contribution in [0.25, 0.3) is 11.4 Å². The topological polar surface area (TPSA) is 63.9 Å². The maximum Gasteiger partial charge on any atom is 0.137 e. The molecule has 0 saturated carbocycles. The lowest BCUT2D eigenvalue weighted by Crippen LogP contribution is -2.02. The van der Waals surface area contributed by atoms with Crippen LogP contribution < -0.4 is 10.5 Å². The van der Waals surface area contributed by atoms with Crippen molar-refractivity contribution in [3.05, 3.63) is 35.2 Å². The third kappa shape index (κ3) is 2.63. The molecule has 4 heteroatoms. The average Bonchev–Trinajstić information content (AvgIpc) is 2.83. The van der Waals surface area contributed by atoms with Crippen molar-refractivity contribution in [1.29, 1.82) is 0 Å². The molecule has 0 aliphatic rings. The number of nitrogens with one attached hydrogen (secondary N) is 1. The van der Waals surface area contributed by atoms with Gasteiger partial charge < -0.3 is 15.5 Å². The van der Waals surface area contributed by atoms with Crippen LogP contribution in [-0.4, -0.2) is 17.1 Å². The molecule has 0 saturated heterocycles. The van der Waals surface area contributed by atoms with Gasteiger partial charge in [-0.25, -0.2) is 4.98 Å². The molecular formula is C15H21N3O. The van der Waals surface area contributed by atoms with Crippen molar-refractivity contribution >= 4 is 0 Å². The van der Waals surface area contributed by atoms with E-state index in [-0.39, 0.29) is 0 Å². The first kappa shape index (κ1) is 13.6. The van der Waals surface area contributed by atoms with Crippen molar-refractivity contribution in [2.45, 2.75) is 33.2 Å². The van der Waals surface area contributed by atoms with Crippen molar-refractivity contribution in [1.82, 2.24) is 9.97 Å². The third-order valence-electron chi connectivity index (χ3n) is 3.23. The molecule has 1 aromatic carbocycles. The number of benzene rings is 1. The number of nitrogens with zero attached hydrogens (tertiary/aromatic N) is 1. The zero-order valence-electron chi connectivity index (χ0n) is 11.9. The van der Waals surface area contributed by atoms with E-state index in [1.807, 2.05) is 19.1 Å². The highest BCUT2D eigenvalue weighted by Gasteiger charge is 2.13. The molecule has 1 heterocycles. The molecule has 3 N–H and O–H groups in total. The van der Waals surface area contributed by atoms with Crippen molar-refractivity contribution in [3.8, 4) is 17.1 Å². The first-order valence-corrected chi connectivity index (χ1v) is 6.50. The second-order valence-electron chi connectivity index (χ2n) is 4.99. The van der Waals surface area contributed by atoms with Crippen LogP contribution in [0.4, 0.5) is 0 Å². The summed E-state index contributed by atoms with van der Waals surface area (Å²) < 4.78 is 5.27. The van der Waals surface area contributed by atoms with Gasteiger partial charge in [-0.2, -0.15) is 0 Å². The number of aromatic nitrogens is 2. The number of hydrogen-bond donors (Lipinski definition) is 2. The molecular weight excluding hydrogens is 238 g/mol. The number of hydrogen-bond acceptors (Lipinski definition) is 3. The number of imidazole rings is 1. The number of ether oxygens (including phenoxy) is 1. The fourth-order valence-electron chi connectivity index (χ4n) is 2.22. The van der Waals surface area contributed by atoms with Gasteiger partial charge in [0, 0.05) is 12.1 Å². The van der Waals surface area contributed by atoms with Gasteiger partial charge in [0.25, 0.3) is 0 Å². The summed E-state index contributed by atoms with van der Waals surface area (Å²) >= 11 is 0. The maximum atomic E-state index is 5.76. The molecule has 0 unspecified atom stereocenters. The minimum absolute atomic E-state index is 0.364. The van der Waals surface area contributed by atoms with Crippen LogP contribution in [-0.2, 0) is 6.54 Å². The molecule has 0 spiro atoms. The van der Waals surface area contributed by atoms with E-state index in [0.29, 0.717) is 12.5 Å². The van der Waals surface area contributed by atoms with Gasteiger partial charge in [0.1, 0.15) is 11.6 Å². The van der Waals surface area contributed by atoms with E-state index < -0.39 is 0 Å². The Labute approximate surface area is 114 Å². The number of aryl methyl sites for hydroxylation is 1. The number of rotatable bonds is 4. The van der Waals surface area contributed by atoms with E-state index in [0.717, 1.165) is 34.1 Å². The highest BCUT2D eigenvalue weighted by molar-refractivity contribution is 5.59. The van der Waals surface area contributed by atoms with Gasteiger partial charge in [-0.15, -0.1) is 0 Å². The molecule has 0 fully saturated rings. The largest absolute Gasteiger partial charge is 0.496 e. The first-order valence-electron chi connectivity index (χ1n) is 6.50. The minimum Gasteiger partial charge on any atom is -0.496 e. The van der Waals surface area contributed by atoms with Gasteiger partial charge >= 0.3 is 0 Å². The fourth-order valence-corrected chi connectivity index (χ4v) is 2.22. The van der Waals surface area contributed by atoms with Crippen LogP contribution in [0, 0.1) is 6.92 Å². The zero-order valence-corrected chi connectivity index (χ0v) is 11.9. The lowest BCUT2D eigenvalue weighted by Gasteiger charge is -2.05. The van der Waals surface area contributed by atoms with Crippen molar-refractivity contribution in [2.75, 3.05) is 7.11 Å². The number of aromatic amines is 1. The Morgan fingerprint density at radius 1 is 1.37 bits per heavy atom. The molecule has 2 rings (SSSR count). The summed E-state index contributed by atoms with van der Waals surface area (Å²) in [6.45, 7) is 6.75. The molecule has 102 valence electrons. The highest BCUT2D eigenvalue weighted by atomic mass is 16.5. The van der Waals surface area contributed by atoms with Crippen molar-refractivity contribution in [2.24, 2.45) is 5.73 Å². The Balaban J connectivity index is 2.44. The van der Waals surface area contributed by atoms with E-state index >= 15 is 0 Å². The summed E-state index contributed by atoms with van der Waals surface area (Å²) in [4.78, 5) is 7.99. The molecule has 19 heavy (non-hydrogen) atoms. The lowest BCUT2D eigenvalue weighted by atomic mass is 10.1. The summed E-state index contributed by atoms with van der Waals surface area (Å²) in [5, 5.41) is 0. The predicted octanol–water partition coefficient (Wildman–Crippen LogP) is 2.98. The maximum absolute atomic E-state index is 5.76. The van der Waals surface area contributed by atoms with Crippen LogP contribution in [0.1, 0.15) is 36.7 Å². The Bertz CT molecular complexity index is 573. The molecule has 0 amide bonds. The van der Waals surface area contributed by atoms with Crippen LogP contribution >= 0.6 is 0 Å². The Kier molecular flexibility index (Phi) is 3.90. The number of H-pyrrole nitrogens is 1. The summed E-state index contributed by atoms with van der Waals surface area (Å²) in [5.74, 6) is 2.12. The summed E-state index contributed by atoms with van der Waals surface area (Å²) in [6.07, 6.45) is 0. The SMILES string of the molecule is COc1ccc(-c2nc(C(C)C)c(CN)[nH]2)cc1C. The van der Waals surface area contributed by atoms with Crippen LogP contribution in [0.15, 0.2) is 18.2 Å². The fraction of sp³-hybridized carbons (Fsp3) is 0.400. The molecule has 0 aliphatic heterocycles. The van der Waals surface area contributed by atoms with Crippen molar-refractivity contribution < 1.29 is 4.74 Å². The first-order chi connectivity index (χ1) is 9.06. The second kappa shape index (κ2) is 5.45. The van der Waals surface area contributed by atoms with E-state index in [1.165, 1.54) is 0 Å². The summed E-state index contributed by atoms with van der Waals surface area (Å²) in [6, 6.07) is 6.04. The molecule has 4 nitrogen and oxygen atoms in total. The summed E-state index contributed by atoms with van der Waals surface area (Å²) in [7, 11) is 1.68. The quantitative estimate of drug-likeness (QED) is 0.887. The smallest absolute Gasteiger partial charge is 0.137 e. The number of methoxy groups -OCH3 is 1. The molecule has 0 radical (unpaired) electrons. The summed E-state index contributed by atoms with van der Waals surface area (Å²) in [5.41, 5.74) is 9.97. The highest BCUT2D eigenvalue weighted by Crippen LogP contribution is 2.27. The predicted molar refractivity (Wildman–Crippen MR) is 77.3 cm³/mol. The Morgan fingerprint density at radius 3 is 2.58 bits per heavy atom. The number of nitrogens with two attached hydrogens (primary N) is 1. The molecule has 2 aromatic rings. The van der Waals surface area contributed by atoms with Gasteiger partial charge in [-0.3, -0.25) is 0 Å². The average molecular weight is 259 g/mol. The Morgan fingerprint density at radius 2 is 2.11 bits per heavy atom. The third-order valence-corrected chi connectivity index (χ3v) is 3.23. The van der Waals surface area contributed by atoms with Gasteiger partial charge in [-0.1, -0.05) is 13.8 Å². The normalized spacial score (nSPS) is 11.1. The Hall–Kier alpha value is -1.81. The van der Waals surface area contributed by atoms with E-state index in [4.69, 9.17) is 10.5 Å². The molecule has 0 aliphatic carbocycles. The van der Waals surface area contributed by atoms with E-state index in [1.54, 1.807) is 7.11 Å². The van der Waals surface area contributed by atoms with E-state index in [2.05, 4.69) is 29.9 Å². The van der Waals surface area contributed by atoms with Crippen LogP contribution in [0.5, 0.6) is 5.75 Å².